The molecule has 0 bridgehead atoms. The molecule has 0 aliphatic carbocycles. The molecular weight excluding hydrogens is 324 g/mol. The molecule has 21 heavy (non-hydrogen) atoms. The van der Waals surface area contributed by atoms with Crippen LogP contribution in [0.1, 0.15) is 20.3 Å². The summed E-state index contributed by atoms with van der Waals surface area (Å²) in [4.78, 5) is 2.46. The van der Waals surface area contributed by atoms with E-state index in [1.807, 2.05) is 0 Å². The Morgan fingerprint density at radius 3 is 2.57 bits per heavy atom. The van der Waals surface area contributed by atoms with Gasteiger partial charge in [0.2, 0.25) is 0 Å². The number of rotatable bonds is 2. The van der Waals surface area contributed by atoms with Crippen molar-refractivity contribution in [3.63, 3.8) is 0 Å². The van der Waals surface area contributed by atoms with Gasteiger partial charge in [-0.05, 0) is 43.8 Å². The molecule has 2 nitrogen and oxygen atoms in total. The van der Waals surface area contributed by atoms with Gasteiger partial charge >= 0.3 is 0 Å². The molecule has 0 radical (unpaired) electrons. The van der Waals surface area contributed by atoms with Crippen molar-refractivity contribution < 1.29 is 0 Å². The van der Waals surface area contributed by atoms with E-state index in [-0.39, 0.29) is 0 Å². The van der Waals surface area contributed by atoms with E-state index in [1.165, 1.54) is 22.9 Å². The molecule has 1 aliphatic rings. The summed E-state index contributed by atoms with van der Waals surface area (Å²) in [6.45, 7) is 5.83. The van der Waals surface area contributed by atoms with Gasteiger partial charge in [0.1, 0.15) is 0 Å². The first kappa shape index (κ1) is 14.9. The second kappa shape index (κ2) is 5.98. The number of benzene rings is 2. The van der Waals surface area contributed by atoms with Crippen LogP contribution in [0.5, 0.6) is 0 Å². The summed E-state index contributed by atoms with van der Waals surface area (Å²) < 4.78 is 1.16. The van der Waals surface area contributed by atoms with Crippen molar-refractivity contribution >= 4 is 32.4 Å². The maximum atomic E-state index is 3.80. The normalized spacial score (nSPS) is 27.0. The summed E-state index contributed by atoms with van der Waals surface area (Å²) in [5.41, 5.74) is 1.25. The molecular formula is C18H23BrN2. The van der Waals surface area contributed by atoms with E-state index in [4.69, 9.17) is 0 Å². The average Bonchev–Trinajstić information content (AvgIpc) is 2.48. The third-order valence-corrected chi connectivity index (χ3v) is 5.51. The van der Waals surface area contributed by atoms with Crippen LogP contribution in [0.25, 0.3) is 10.8 Å². The Hall–Kier alpha value is -1.06. The van der Waals surface area contributed by atoms with Crippen LogP contribution < -0.4 is 5.32 Å². The fraction of sp³-hybridized carbons (Fsp3) is 0.444. The first-order valence-corrected chi connectivity index (χ1v) is 8.49. The first-order chi connectivity index (χ1) is 10.1. The summed E-state index contributed by atoms with van der Waals surface area (Å²) in [6.07, 6.45) is 1.20. The predicted octanol–water partition coefficient (Wildman–Crippen LogP) is 4.74. The molecule has 1 aliphatic heterocycles. The summed E-state index contributed by atoms with van der Waals surface area (Å²) in [6, 6.07) is 14.1. The van der Waals surface area contributed by atoms with Crippen LogP contribution in [0.3, 0.4) is 0 Å². The smallest absolute Gasteiger partial charge is 0.0422 e. The zero-order valence-corrected chi connectivity index (χ0v) is 14.5. The highest BCUT2D eigenvalue weighted by Gasteiger charge is 2.28. The zero-order valence-electron chi connectivity index (χ0n) is 12.9. The molecule has 1 saturated heterocycles. The first-order valence-electron chi connectivity index (χ1n) is 7.70. The lowest BCUT2D eigenvalue weighted by Gasteiger charge is -2.40. The molecule has 3 unspecified atom stereocenters. The molecule has 0 spiro atoms. The molecule has 1 fully saturated rings. The molecule has 1 heterocycles. The number of piperidine rings is 1. The lowest BCUT2D eigenvalue weighted by atomic mass is 9.89. The Labute approximate surface area is 135 Å². The molecule has 0 aromatic heterocycles. The SMILES string of the molecule is CC1CN(C)C(C)CC1Nc1ccc(Br)c2ccccc12. The summed E-state index contributed by atoms with van der Waals surface area (Å²) in [5.74, 6) is 0.661. The quantitative estimate of drug-likeness (QED) is 0.844. The summed E-state index contributed by atoms with van der Waals surface area (Å²) in [5, 5.41) is 6.38. The van der Waals surface area contributed by atoms with Crippen molar-refractivity contribution in [3.05, 3.63) is 40.9 Å². The van der Waals surface area contributed by atoms with Gasteiger partial charge in [-0.25, -0.2) is 0 Å². The Bertz CT molecular complexity index is 640. The molecule has 3 rings (SSSR count). The van der Waals surface area contributed by atoms with Crippen LogP contribution in [0.15, 0.2) is 40.9 Å². The van der Waals surface area contributed by atoms with Gasteiger partial charge in [-0.1, -0.05) is 47.1 Å². The van der Waals surface area contributed by atoms with Gasteiger partial charge in [-0.2, -0.15) is 0 Å². The second-order valence-electron chi connectivity index (χ2n) is 6.39. The Kier molecular flexibility index (Phi) is 4.23. The maximum absolute atomic E-state index is 3.80. The Morgan fingerprint density at radius 1 is 1.10 bits per heavy atom. The van der Waals surface area contributed by atoms with Gasteiger partial charge in [0.25, 0.3) is 0 Å². The number of likely N-dealkylation sites (tertiary alicyclic amines) is 1. The number of anilines is 1. The topological polar surface area (TPSA) is 15.3 Å². The largest absolute Gasteiger partial charge is 0.381 e. The average molecular weight is 347 g/mol. The fourth-order valence-corrected chi connectivity index (χ4v) is 3.81. The highest BCUT2D eigenvalue weighted by Crippen LogP contribution is 2.32. The molecule has 3 atom stereocenters. The molecule has 3 heteroatoms. The minimum Gasteiger partial charge on any atom is -0.381 e. The van der Waals surface area contributed by atoms with Crippen LogP contribution in [0, 0.1) is 5.92 Å². The molecule has 112 valence electrons. The van der Waals surface area contributed by atoms with Crippen molar-refractivity contribution in [3.8, 4) is 0 Å². The van der Waals surface area contributed by atoms with E-state index in [9.17, 15) is 0 Å². The van der Waals surface area contributed by atoms with Crippen LogP contribution in [0.2, 0.25) is 0 Å². The van der Waals surface area contributed by atoms with E-state index in [1.54, 1.807) is 0 Å². The minimum atomic E-state index is 0.542. The van der Waals surface area contributed by atoms with Crippen molar-refractivity contribution in [2.24, 2.45) is 5.92 Å². The van der Waals surface area contributed by atoms with Gasteiger partial charge in [0, 0.05) is 34.2 Å². The standard InChI is InChI=1S/C18H23BrN2/c1-12-11-21(3)13(2)10-18(12)20-17-9-8-16(19)14-6-4-5-7-15(14)17/h4-9,12-13,18,20H,10-11H2,1-3H3. The number of halogens is 1. The lowest BCUT2D eigenvalue weighted by molar-refractivity contribution is 0.146. The third-order valence-electron chi connectivity index (χ3n) is 4.82. The highest BCUT2D eigenvalue weighted by atomic mass is 79.9. The van der Waals surface area contributed by atoms with Crippen molar-refractivity contribution in [2.45, 2.75) is 32.4 Å². The zero-order chi connectivity index (χ0) is 15.0. The third kappa shape index (κ3) is 2.95. The number of hydrogen-bond donors (Lipinski definition) is 1. The van der Waals surface area contributed by atoms with E-state index in [0.29, 0.717) is 18.0 Å². The van der Waals surface area contributed by atoms with Crippen molar-refractivity contribution in [1.29, 1.82) is 0 Å². The van der Waals surface area contributed by atoms with Crippen LogP contribution in [-0.2, 0) is 0 Å². The predicted molar refractivity (Wildman–Crippen MR) is 94.9 cm³/mol. The second-order valence-corrected chi connectivity index (χ2v) is 7.25. The maximum Gasteiger partial charge on any atom is 0.0422 e. The summed E-state index contributed by atoms with van der Waals surface area (Å²) in [7, 11) is 2.23. The number of fused-ring (bicyclic) bond motifs is 1. The van der Waals surface area contributed by atoms with Crippen LogP contribution in [0.4, 0.5) is 5.69 Å². The molecule has 1 N–H and O–H groups in total. The van der Waals surface area contributed by atoms with Crippen molar-refractivity contribution in [1.82, 2.24) is 4.90 Å². The van der Waals surface area contributed by atoms with Gasteiger partial charge in [0.05, 0.1) is 0 Å². The van der Waals surface area contributed by atoms with E-state index >= 15 is 0 Å². The number of hydrogen-bond acceptors (Lipinski definition) is 2. The molecule has 2 aromatic rings. The molecule has 0 amide bonds. The van der Waals surface area contributed by atoms with E-state index in [2.05, 4.69) is 83.4 Å². The fourth-order valence-electron chi connectivity index (χ4n) is 3.33. The monoisotopic (exact) mass is 346 g/mol. The van der Waals surface area contributed by atoms with Crippen molar-refractivity contribution in [2.75, 3.05) is 18.9 Å². The van der Waals surface area contributed by atoms with Gasteiger partial charge in [0.15, 0.2) is 0 Å². The van der Waals surface area contributed by atoms with Crippen LogP contribution >= 0.6 is 15.9 Å². The number of nitrogens with zero attached hydrogens (tertiary/aromatic N) is 1. The molecule has 0 saturated carbocycles. The van der Waals surface area contributed by atoms with E-state index < -0.39 is 0 Å². The Morgan fingerprint density at radius 2 is 1.81 bits per heavy atom. The number of nitrogens with one attached hydrogen (secondary N) is 1. The minimum absolute atomic E-state index is 0.542. The molecule has 2 aromatic carbocycles. The van der Waals surface area contributed by atoms with E-state index in [0.717, 1.165) is 11.0 Å². The highest BCUT2D eigenvalue weighted by molar-refractivity contribution is 9.10. The van der Waals surface area contributed by atoms with Gasteiger partial charge in [-0.3, -0.25) is 0 Å². The van der Waals surface area contributed by atoms with Gasteiger partial charge < -0.3 is 10.2 Å². The summed E-state index contributed by atoms with van der Waals surface area (Å²) >= 11 is 3.65. The van der Waals surface area contributed by atoms with Gasteiger partial charge in [-0.15, -0.1) is 0 Å². The Balaban J connectivity index is 1.90. The lowest BCUT2D eigenvalue weighted by Crippen LogP contribution is -2.48. The van der Waals surface area contributed by atoms with Crippen LogP contribution in [-0.4, -0.2) is 30.6 Å².